The van der Waals surface area contributed by atoms with Gasteiger partial charge in [0.15, 0.2) is 0 Å². The first kappa shape index (κ1) is 10.1. The molecule has 0 atom stereocenters. The second-order valence-electron chi connectivity index (χ2n) is 3.25. The molecule has 0 spiro atoms. The SMILES string of the molecule is Nc1ccc(Cn2cnc([N+](=O)[O-])c2)cn1. The minimum absolute atomic E-state index is 0.164. The molecule has 7 heteroatoms. The average molecular weight is 219 g/mol. The first-order valence-electron chi connectivity index (χ1n) is 4.52. The molecule has 0 radical (unpaired) electrons. The van der Waals surface area contributed by atoms with Gasteiger partial charge in [-0.1, -0.05) is 6.07 Å². The van der Waals surface area contributed by atoms with Gasteiger partial charge >= 0.3 is 5.82 Å². The van der Waals surface area contributed by atoms with Crippen LogP contribution in [0, 0.1) is 10.1 Å². The van der Waals surface area contributed by atoms with Crippen LogP contribution in [0.3, 0.4) is 0 Å². The molecule has 16 heavy (non-hydrogen) atoms. The van der Waals surface area contributed by atoms with Crippen LogP contribution in [-0.2, 0) is 6.54 Å². The molecule has 2 heterocycles. The van der Waals surface area contributed by atoms with Crippen molar-refractivity contribution in [2.75, 3.05) is 5.73 Å². The Bertz CT molecular complexity index is 505. The molecule has 0 bridgehead atoms. The van der Waals surface area contributed by atoms with Crippen LogP contribution in [0.15, 0.2) is 30.9 Å². The Morgan fingerprint density at radius 2 is 2.25 bits per heavy atom. The van der Waals surface area contributed by atoms with Gasteiger partial charge in [-0.3, -0.25) is 0 Å². The summed E-state index contributed by atoms with van der Waals surface area (Å²) in [5.41, 5.74) is 6.35. The van der Waals surface area contributed by atoms with Crippen LogP contribution in [0.1, 0.15) is 5.56 Å². The first-order valence-corrected chi connectivity index (χ1v) is 4.52. The number of aromatic nitrogens is 3. The Balaban J connectivity index is 2.14. The predicted molar refractivity (Wildman–Crippen MR) is 56.6 cm³/mol. The highest BCUT2D eigenvalue weighted by molar-refractivity contribution is 5.29. The van der Waals surface area contributed by atoms with Crippen molar-refractivity contribution < 1.29 is 4.92 Å². The molecule has 2 aromatic rings. The van der Waals surface area contributed by atoms with Crippen molar-refractivity contribution in [1.82, 2.24) is 14.5 Å². The third-order valence-electron chi connectivity index (χ3n) is 2.02. The van der Waals surface area contributed by atoms with Gasteiger partial charge in [-0.25, -0.2) is 4.98 Å². The molecule has 82 valence electrons. The van der Waals surface area contributed by atoms with E-state index >= 15 is 0 Å². The van der Waals surface area contributed by atoms with Crippen LogP contribution < -0.4 is 5.73 Å². The van der Waals surface area contributed by atoms with E-state index in [4.69, 9.17) is 5.73 Å². The van der Waals surface area contributed by atoms with E-state index in [1.807, 2.05) is 6.07 Å². The number of imidazole rings is 1. The van der Waals surface area contributed by atoms with Crippen molar-refractivity contribution in [3.8, 4) is 0 Å². The van der Waals surface area contributed by atoms with Gasteiger partial charge in [0.05, 0.1) is 6.54 Å². The number of pyridine rings is 1. The molecule has 0 saturated heterocycles. The molecule has 0 amide bonds. The fraction of sp³-hybridized carbons (Fsp3) is 0.111. The summed E-state index contributed by atoms with van der Waals surface area (Å²) in [7, 11) is 0. The molecular weight excluding hydrogens is 210 g/mol. The molecule has 0 aliphatic heterocycles. The lowest BCUT2D eigenvalue weighted by molar-refractivity contribution is -0.389. The molecule has 0 fully saturated rings. The zero-order valence-corrected chi connectivity index (χ0v) is 8.28. The van der Waals surface area contributed by atoms with E-state index in [0.29, 0.717) is 12.4 Å². The van der Waals surface area contributed by atoms with Crippen LogP contribution >= 0.6 is 0 Å². The summed E-state index contributed by atoms with van der Waals surface area (Å²) in [6.45, 7) is 0.480. The zero-order valence-electron chi connectivity index (χ0n) is 8.28. The molecular formula is C9H9N5O2. The van der Waals surface area contributed by atoms with Crippen molar-refractivity contribution in [1.29, 1.82) is 0 Å². The van der Waals surface area contributed by atoms with E-state index in [9.17, 15) is 10.1 Å². The molecule has 0 aliphatic carbocycles. The molecule has 7 nitrogen and oxygen atoms in total. The van der Waals surface area contributed by atoms with Crippen molar-refractivity contribution >= 4 is 11.6 Å². The fourth-order valence-electron chi connectivity index (χ4n) is 1.27. The normalized spacial score (nSPS) is 10.2. The standard InChI is InChI=1S/C9H9N5O2/c10-8-2-1-7(3-11-8)4-13-5-9(12-6-13)14(15)16/h1-3,5-6H,4H2,(H2,10,11). The third-order valence-corrected chi connectivity index (χ3v) is 2.02. The maximum absolute atomic E-state index is 10.4. The molecule has 0 aliphatic rings. The van der Waals surface area contributed by atoms with E-state index in [1.54, 1.807) is 16.8 Å². The van der Waals surface area contributed by atoms with Crippen molar-refractivity contribution in [2.45, 2.75) is 6.54 Å². The van der Waals surface area contributed by atoms with Crippen LogP contribution in [0.5, 0.6) is 0 Å². The smallest absolute Gasteiger partial charge is 0.381 e. The van der Waals surface area contributed by atoms with Gasteiger partial charge in [0.2, 0.25) is 6.33 Å². The third kappa shape index (κ3) is 2.14. The number of nitro groups is 1. The molecule has 0 saturated carbocycles. The summed E-state index contributed by atoms with van der Waals surface area (Å²) in [6, 6.07) is 3.49. The van der Waals surface area contributed by atoms with Crippen molar-refractivity contribution in [3.63, 3.8) is 0 Å². The minimum Gasteiger partial charge on any atom is -0.384 e. The summed E-state index contributed by atoms with van der Waals surface area (Å²) >= 11 is 0. The second-order valence-corrected chi connectivity index (χ2v) is 3.25. The Morgan fingerprint density at radius 3 is 2.81 bits per heavy atom. The number of nitrogens with zero attached hydrogens (tertiary/aromatic N) is 4. The highest BCUT2D eigenvalue weighted by Crippen LogP contribution is 2.09. The Labute approximate surface area is 90.7 Å². The number of rotatable bonds is 3. The minimum atomic E-state index is -0.530. The molecule has 0 aromatic carbocycles. The van der Waals surface area contributed by atoms with Crippen LogP contribution in [0.2, 0.25) is 0 Å². The number of anilines is 1. The quantitative estimate of drug-likeness (QED) is 0.608. The summed E-state index contributed by atoms with van der Waals surface area (Å²) in [5.74, 6) is 0.281. The lowest BCUT2D eigenvalue weighted by atomic mass is 10.3. The fourth-order valence-corrected chi connectivity index (χ4v) is 1.27. The van der Waals surface area contributed by atoms with E-state index in [1.165, 1.54) is 12.5 Å². The number of nitrogen functional groups attached to an aromatic ring is 1. The van der Waals surface area contributed by atoms with E-state index in [0.717, 1.165) is 5.56 Å². The summed E-state index contributed by atoms with van der Waals surface area (Å²) in [6.07, 6.45) is 4.41. The monoisotopic (exact) mass is 219 g/mol. The maximum Gasteiger partial charge on any atom is 0.381 e. The average Bonchev–Trinajstić information content (AvgIpc) is 2.70. The van der Waals surface area contributed by atoms with E-state index < -0.39 is 4.92 Å². The van der Waals surface area contributed by atoms with Gasteiger partial charge in [0.25, 0.3) is 0 Å². The molecule has 2 rings (SSSR count). The van der Waals surface area contributed by atoms with E-state index in [2.05, 4.69) is 9.97 Å². The number of nitrogens with two attached hydrogens (primary N) is 1. The van der Waals surface area contributed by atoms with E-state index in [-0.39, 0.29) is 5.82 Å². The summed E-state index contributed by atoms with van der Waals surface area (Å²) < 4.78 is 1.62. The van der Waals surface area contributed by atoms with Gasteiger partial charge < -0.3 is 20.4 Å². The predicted octanol–water partition coefficient (Wildman–Crippen LogP) is 0.817. The molecule has 2 aromatic heterocycles. The topological polar surface area (TPSA) is 99.9 Å². The van der Waals surface area contributed by atoms with Crippen LogP contribution in [0.4, 0.5) is 11.6 Å². The van der Waals surface area contributed by atoms with Gasteiger partial charge in [0.1, 0.15) is 12.0 Å². The summed E-state index contributed by atoms with van der Waals surface area (Å²) in [4.78, 5) is 17.5. The van der Waals surface area contributed by atoms with Crippen molar-refractivity contribution in [3.05, 3.63) is 46.5 Å². The van der Waals surface area contributed by atoms with Gasteiger partial charge in [-0.2, -0.15) is 0 Å². The number of hydrogen-bond donors (Lipinski definition) is 1. The second kappa shape index (κ2) is 3.97. The molecule has 0 unspecified atom stereocenters. The maximum atomic E-state index is 10.4. The Morgan fingerprint density at radius 1 is 1.44 bits per heavy atom. The van der Waals surface area contributed by atoms with Crippen molar-refractivity contribution in [2.24, 2.45) is 0 Å². The van der Waals surface area contributed by atoms with Gasteiger partial charge in [0, 0.05) is 6.20 Å². The highest BCUT2D eigenvalue weighted by Gasteiger charge is 2.09. The lowest BCUT2D eigenvalue weighted by Gasteiger charge is -2.00. The molecule has 2 N–H and O–H groups in total. The van der Waals surface area contributed by atoms with Crippen LogP contribution in [-0.4, -0.2) is 19.5 Å². The van der Waals surface area contributed by atoms with Gasteiger partial charge in [-0.05, 0) is 21.5 Å². The van der Waals surface area contributed by atoms with Crippen LogP contribution in [0.25, 0.3) is 0 Å². The van der Waals surface area contributed by atoms with Gasteiger partial charge in [-0.15, -0.1) is 0 Å². The number of hydrogen-bond acceptors (Lipinski definition) is 5. The Kier molecular flexibility index (Phi) is 2.50. The largest absolute Gasteiger partial charge is 0.384 e. The summed E-state index contributed by atoms with van der Waals surface area (Å²) in [5, 5.41) is 10.4. The Hall–Kier alpha value is -2.44. The first-order chi connectivity index (χ1) is 7.65. The lowest BCUT2D eigenvalue weighted by Crippen LogP contribution is -1.98. The zero-order chi connectivity index (χ0) is 11.5. The highest BCUT2D eigenvalue weighted by atomic mass is 16.6.